The van der Waals surface area contributed by atoms with Gasteiger partial charge in [0.1, 0.15) is 6.17 Å². The SMILES string of the molecule is Cc1[nH]ncc1C(=O)N[C@H]1CCC[C@@H](F)C1. The first-order valence-corrected chi connectivity index (χ1v) is 5.61. The van der Waals surface area contributed by atoms with E-state index in [4.69, 9.17) is 0 Å². The molecule has 2 rings (SSSR count). The van der Waals surface area contributed by atoms with E-state index in [2.05, 4.69) is 15.5 Å². The van der Waals surface area contributed by atoms with Crippen molar-refractivity contribution < 1.29 is 9.18 Å². The lowest BCUT2D eigenvalue weighted by atomic mass is 9.94. The first kappa shape index (κ1) is 11.1. The summed E-state index contributed by atoms with van der Waals surface area (Å²) in [6.45, 7) is 1.79. The molecule has 1 aliphatic carbocycles. The molecule has 1 heterocycles. The van der Waals surface area contributed by atoms with E-state index < -0.39 is 6.17 Å². The predicted molar refractivity (Wildman–Crippen MR) is 57.9 cm³/mol. The van der Waals surface area contributed by atoms with Gasteiger partial charge in [0, 0.05) is 11.7 Å². The molecular formula is C11H16FN3O. The first-order chi connectivity index (χ1) is 7.66. The molecule has 1 amide bonds. The molecule has 1 aromatic heterocycles. The van der Waals surface area contributed by atoms with Gasteiger partial charge in [0.15, 0.2) is 0 Å². The summed E-state index contributed by atoms with van der Waals surface area (Å²) < 4.78 is 13.1. The predicted octanol–water partition coefficient (Wildman–Crippen LogP) is 1.73. The summed E-state index contributed by atoms with van der Waals surface area (Å²) >= 11 is 0. The van der Waals surface area contributed by atoms with Crippen molar-refractivity contribution in [2.75, 3.05) is 0 Å². The molecule has 0 radical (unpaired) electrons. The Morgan fingerprint density at radius 2 is 2.44 bits per heavy atom. The zero-order valence-electron chi connectivity index (χ0n) is 9.29. The number of aromatic nitrogens is 2. The van der Waals surface area contributed by atoms with Crippen molar-refractivity contribution in [2.24, 2.45) is 0 Å². The highest BCUT2D eigenvalue weighted by Gasteiger charge is 2.23. The number of aryl methyl sites for hydroxylation is 1. The molecule has 0 aliphatic heterocycles. The van der Waals surface area contributed by atoms with E-state index in [1.807, 2.05) is 0 Å². The quantitative estimate of drug-likeness (QED) is 0.805. The van der Waals surface area contributed by atoms with Crippen molar-refractivity contribution in [3.63, 3.8) is 0 Å². The monoisotopic (exact) mass is 225 g/mol. The Morgan fingerprint density at radius 1 is 1.62 bits per heavy atom. The van der Waals surface area contributed by atoms with E-state index in [1.165, 1.54) is 6.20 Å². The van der Waals surface area contributed by atoms with Crippen molar-refractivity contribution in [1.29, 1.82) is 0 Å². The Hall–Kier alpha value is -1.39. The standard InChI is InChI=1S/C11H16FN3O/c1-7-10(6-13-15-7)11(16)14-9-4-2-3-8(12)5-9/h6,8-9H,2-5H2,1H3,(H,13,15)(H,14,16)/t8-,9+/m1/s1. The topological polar surface area (TPSA) is 57.8 Å². The maximum Gasteiger partial charge on any atom is 0.254 e. The lowest BCUT2D eigenvalue weighted by Crippen LogP contribution is -2.39. The normalized spacial score (nSPS) is 25.4. The van der Waals surface area contributed by atoms with E-state index in [9.17, 15) is 9.18 Å². The van der Waals surface area contributed by atoms with Crippen molar-refractivity contribution >= 4 is 5.91 Å². The van der Waals surface area contributed by atoms with Crippen LogP contribution in [0.15, 0.2) is 6.20 Å². The highest BCUT2D eigenvalue weighted by Crippen LogP contribution is 2.21. The number of amides is 1. The van der Waals surface area contributed by atoms with Crippen LogP contribution in [0, 0.1) is 6.92 Å². The third-order valence-electron chi connectivity index (χ3n) is 3.02. The van der Waals surface area contributed by atoms with Crippen LogP contribution in [0.4, 0.5) is 4.39 Å². The molecule has 0 bridgehead atoms. The molecule has 0 aromatic carbocycles. The number of halogens is 1. The number of rotatable bonds is 2. The smallest absolute Gasteiger partial charge is 0.254 e. The van der Waals surface area contributed by atoms with Crippen LogP contribution in [0.2, 0.25) is 0 Å². The van der Waals surface area contributed by atoms with Gasteiger partial charge in [-0.1, -0.05) is 0 Å². The molecule has 0 saturated heterocycles. The molecule has 0 spiro atoms. The fourth-order valence-electron chi connectivity index (χ4n) is 2.10. The zero-order valence-corrected chi connectivity index (χ0v) is 9.29. The summed E-state index contributed by atoms with van der Waals surface area (Å²) in [4.78, 5) is 11.8. The van der Waals surface area contributed by atoms with Crippen LogP contribution < -0.4 is 5.32 Å². The number of hydrogen-bond donors (Lipinski definition) is 2. The van der Waals surface area contributed by atoms with Gasteiger partial charge in [-0.2, -0.15) is 5.10 Å². The lowest BCUT2D eigenvalue weighted by Gasteiger charge is -2.25. The van der Waals surface area contributed by atoms with Crippen molar-refractivity contribution in [3.05, 3.63) is 17.5 Å². The molecule has 88 valence electrons. The second kappa shape index (κ2) is 4.63. The highest BCUT2D eigenvalue weighted by atomic mass is 19.1. The Labute approximate surface area is 93.6 Å². The lowest BCUT2D eigenvalue weighted by molar-refractivity contribution is 0.0912. The van der Waals surface area contributed by atoms with Gasteiger partial charge in [0.05, 0.1) is 11.8 Å². The number of H-pyrrole nitrogens is 1. The van der Waals surface area contributed by atoms with E-state index >= 15 is 0 Å². The number of nitrogens with one attached hydrogen (secondary N) is 2. The molecule has 1 fully saturated rings. The molecule has 1 aromatic rings. The number of aromatic amines is 1. The Balaban J connectivity index is 1.95. The summed E-state index contributed by atoms with van der Waals surface area (Å²) in [5, 5.41) is 9.36. The van der Waals surface area contributed by atoms with E-state index in [1.54, 1.807) is 6.92 Å². The van der Waals surface area contributed by atoms with Gasteiger partial charge in [0.2, 0.25) is 0 Å². The molecule has 16 heavy (non-hydrogen) atoms. The van der Waals surface area contributed by atoms with Crippen molar-refractivity contribution in [1.82, 2.24) is 15.5 Å². The van der Waals surface area contributed by atoms with Crippen LogP contribution in [-0.4, -0.2) is 28.3 Å². The van der Waals surface area contributed by atoms with Crippen molar-refractivity contribution in [3.8, 4) is 0 Å². The molecule has 2 N–H and O–H groups in total. The average Bonchev–Trinajstić information content (AvgIpc) is 2.64. The van der Waals surface area contributed by atoms with Gasteiger partial charge in [-0.15, -0.1) is 0 Å². The summed E-state index contributed by atoms with van der Waals surface area (Å²) in [7, 11) is 0. The van der Waals surface area contributed by atoms with E-state index in [-0.39, 0.29) is 11.9 Å². The molecule has 0 unspecified atom stereocenters. The molecule has 1 saturated carbocycles. The number of nitrogens with zero attached hydrogens (tertiary/aromatic N) is 1. The third-order valence-corrected chi connectivity index (χ3v) is 3.02. The fourth-order valence-corrected chi connectivity index (χ4v) is 2.10. The minimum Gasteiger partial charge on any atom is -0.349 e. The number of carbonyl (C=O) groups excluding carboxylic acids is 1. The highest BCUT2D eigenvalue weighted by molar-refractivity contribution is 5.95. The van der Waals surface area contributed by atoms with E-state index in [0.29, 0.717) is 18.4 Å². The van der Waals surface area contributed by atoms with Crippen LogP contribution in [0.5, 0.6) is 0 Å². The Morgan fingerprint density at radius 3 is 3.06 bits per heavy atom. The average molecular weight is 225 g/mol. The molecular weight excluding hydrogens is 209 g/mol. The molecule has 5 heteroatoms. The summed E-state index contributed by atoms with van der Waals surface area (Å²) in [5.41, 5.74) is 1.28. The van der Waals surface area contributed by atoms with Gasteiger partial charge >= 0.3 is 0 Å². The number of hydrogen-bond acceptors (Lipinski definition) is 2. The zero-order chi connectivity index (χ0) is 11.5. The second-order valence-corrected chi connectivity index (χ2v) is 4.34. The van der Waals surface area contributed by atoms with Crippen LogP contribution >= 0.6 is 0 Å². The van der Waals surface area contributed by atoms with E-state index in [0.717, 1.165) is 18.5 Å². The Bertz CT molecular complexity index is 377. The van der Waals surface area contributed by atoms with Crippen molar-refractivity contribution in [2.45, 2.75) is 44.8 Å². The minimum atomic E-state index is -0.774. The van der Waals surface area contributed by atoms with Gasteiger partial charge in [-0.25, -0.2) is 4.39 Å². The van der Waals surface area contributed by atoms with Crippen LogP contribution in [-0.2, 0) is 0 Å². The third kappa shape index (κ3) is 2.40. The Kier molecular flexibility index (Phi) is 3.22. The number of carbonyl (C=O) groups is 1. The number of alkyl halides is 1. The summed E-state index contributed by atoms with van der Waals surface area (Å²) in [6.07, 6.45) is 3.49. The maximum absolute atomic E-state index is 13.1. The van der Waals surface area contributed by atoms with Crippen LogP contribution in [0.3, 0.4) is 0 Å². The molecule has 2 atom stereocenters. The van der Waals surface area contributed by atoms with Gasteiger partial charge in [-0.05, 0) is 32.6 Å². The maximum atomic E-state index is 13.1. The molecule has 1 aliphatic rings. The second-order valence-electron chi connectivity index (χ2n) is 4.34. The van der Waals surface area contributed by atoms with Gasteiger partial charge in [-0.3, -0.25) is 9.89 Å². The first-order valence-electron chi connectivity index (χ1n) is 5.61. The molecule has 4 nitrogen and oxygen atoms in total. The van der Waals surface area contributed by atoms with Gasteiger partial charge in [0.25, 0.3) is 5.91 Å². The minimum absolute atomic E-state index is 0.0365. The largest absolute Gasteiger partial charge is 0.349 e. The van der Waals surface area contributed by atoms with Crippen LogP contribution in [0.25, 0.3) is 0 Å². The van der Waals surface area contributed by atoms with Crippen LogP contribution in [0.1, 0.15) is 41.7 Å². The van der Waals surface area contributed by atoms with Gasteiger partial charge < -0.3 is 5.32 Å². The summed E-state index contributed by atoms with van der Waals surface area (Å²) in [6, 6.07) is -0.0365. The summed E-state index contributed by atoms with van der Waals surface area (Å²) in [5.74, 6) is -0.162. The fraction of sp³-hybridized carbons (Fsp3) is 0.636.